The number of carbonyl (C=O) groups excluding carboxylic acids is 1. The van der Waals surface area contributed by atoms with Crippen LogP contribution in [-0.4, -0.2) is 6.29 Å². The summed E-state index contributed by atoms with van der Waals surface area (Å²) in [4.78, 5) is 10.4. The largest absolute Gasteiger partial charge is 0.303 e. The molecule has 3 rings (SSSR count). The first-order valence-corrected chi connectivity index (χ1v) is 4.26. The zero-order chi connectivity index (χ0) is 7.14. The summed E-state index contributed by atoms with van der Waals surface area (Å²) in [6.45, 7) is 2.33. The third-order valence-corrected chi connectivity index (χ3v) is 3.50. The lowest BCUT2D eigenvalue weighted by Gasteiger charge is -2.50. The minimum Gasteiger partial charge on any atom is -0.303 e. The number of rotatable bonds is 1. The summed E-state index contributed by atoms with van der Waals surface area (Å²) in [6, 6.07) is 0. The van der Waals surface area contributed by atoms with Crippen molar-refractivity contribution >= 4 is 6.29 Å². The SMILES string of the molecule is CC1[C@@H]2CC(C=O)C[C@H]1C2. The van der Waals surface area contributed by atoms with E-state index in [1.807, 2.05) is 0 Å². The van der Waals surface area contributed by atoms with Crippen LogP contribution in [0, 0.1) is 23.7 Å². The van der Waals surface area contributed by atoms with Gasteiger partial charge in [-0.15, -0.1) is 0 Å². The summed E-state index contributed by atoms with van der Waals surface area (Å²) in [5.74, 6) is 3.14. The van der Waals surface area contributed by atoms with Gasteiger partial charge in [-0.25, -0.2) is 0 Å². The Balaban J connectivity index is 1.99. The molecule has 0 aromatic carbocycles. The lowest BCUT2D eigenvalue weighted by atomic mass is 9.55. The van der Waals surface area contributed by atoms with Crippen molar-refractivity contribution in [3.63, 3.8) is 0 Å². The molecular formula is C9H14O. The molecule has 1 nitrogen and oxygen atoms in total. The molecule has 0 heterocycles. The van der Waals surface area contributed by atoms with Gasteiger partial charge in [-0.05, 0) is 37.0 Å². The molecule has 2 unspecified atom stereocenters. The van der Waals surface area contributed by atoms with Crippen LogP contribution in [0.4, 0.5) is 0 Å². The smallest absolute Gasteiger partial charge is 0.123 e. The summed E-state index contributed by atoms with van der Waals surface area (Å²) in [5.41, 5.74) is 0. The standard InChI is InChI=1S/C9H14O/c1-6-8-2-7(5-10)3-9(6)4-8/h5-9H,2-4H2,1H3/t6?,7?,8-,9+. The van der Waals surface area contributed by atoms with E-state index in [1.54, 1.807) is 0 Å². The monoisotopic (exact) mass is 138 g/mol. The van der Waals surface area contributed by atoms with Gasteiger partial charge in [-0.1, -0.05) is 6.92 Å². The molecule has 3 aliphatic carbocycles. The molecule has 2 bridgehead atoms. The van der Waals surface area contributed by atoms with E-state index in [0.29, 0.717) is 5.92 Å². The Morgan fingerprint density at radius 2 is 1.80 bits per heavy atom. The molecule has 0 saturated heterocycles. The highest BCUT2D eigenvalue weighted by Gasteiger charge is 2.44. The van der Waals surface area contributed by atoms with Crippen molar-refractivity contribution in [2.45, 2.75) is 26.2 Å². The van der Waals surface area contributed by atoms with E-state index in [2.05, 4.69) is 6.92 Å². The lowest BCUT2D eigenvalue weighted by Crippen LogP contribution is -2.42. The lowest BCUT2D eigenvalue weighted by molar-refractivity contribution is -0.117. The van der Waals surface area contributed by atoms with Gasteiger partial charge in [0.15, 0.2) is 0 Å². The van der Waals surface area contributed by atoms with Crippen molar-refractivity contribution in [1.29, 1.82) is 0 Å². The topological polar surface area (TPSA) is 17.1 Å². The van der Waals surface area contributed by atoms with Crippen molar-refractivity contribution in [3.05, 3.63) is 0 Å². The number of hydrogen-bond donors (Lipinski definition) is 0. The van der Waals surface area contributed by atoms with Crippen LogP contribution in [0.15, 0.2) is 0 Å². The van der Waals surface area contributed by atoms with Crippen LogP contribution in [0.3, 0.4) is 0 Å². The third-order valence-electron chi connectivity index (χ3n) is 3.50. The highest BCUT2D eigenvalue weighted by Crippen LogP contribution is 2.51. The number of fused-ring (bicyclic) bond motifs is 2. The summed E-state index contributed by atoms with van der Waals surface area (Å²) in [7, 11) is 0. The molecule has 0 aromatic heterocycles. The van der Waals surface area contributed by atoms with E-state index in [4.69, 9.17) is 0 Å². The average molecular weight is 138 g/mol. The molecule has 1 heteroatoms. The number of hydrogen-bond acceptors (Lipinski definition) is 1. The first-order valence-electron chi connectivity index (χ1n) is 4.26. The second-order valence-corrected chi connectivity index (χ2v) is 3.98. The van der Waals surface area contributed by atoms with Crippen molar-refractivity contribution < 1.29 is 4.79 Å². The maximum Gasteiger partial charge on any atom is 0.123 e. The van der Waals surface area contributed by atoms with Gasteiger partial charge in [0.25, 0.3) is 0 Å². The molecule has 0 radical (unpaired) electrons. The van der Waals surface area contributed by atoms with Crippen LogP contribution in [0.1, 0.15) is 26.2 Å². The Morgan fingerprint density at radius 3 is 2.20 bits per heavy atom. The normalized spacial score (nSPS) is 51.7. The van der Waals surface area contributed by atoms with Crippen molar-refractivity contribution in [2.24, 2.45) is 23.7 Å². The molecule has 56 valence electrons. The Hall–Kier alpha value is -0.330. The number of aldehydes is 1. The van der Waals surface area contributed by atoms with E-state index in [9.17, 15) is 4.79 Å². The van der Waals surface area contributed by atoms with E-state index in [0.717, 1.165) is 24.0 Å². The van der Waals surface area contributed by atoms with Gasteiger partial charge in [-0.2, -0.15) is 0 Å². The summed E-state index contributed by atoms with van der Waals surface area (Å²) in [5, 5.41) is 0. The van der Waals surface area contributed by atoms with Gasteiger partial charge >= 0.3 is 0 Å². The highest BCUT2D eigenvalue weighted by atomic mass is 16.1. The van der Waals surface area contributed by atoms with Crippen LogP contribution in [0.25, 0.3) is 0 Å². The first kappa shape index (κ1) is 6.38. The Bertz CT molecular complexity index is 141. The molecular weight excluding hydrogens is 124 g/mol. The molecule has 0 aliphatic heterocycles. The summed E-state index contributed by atoms with van der Waals surface area (Å²) < 4.78 is 0. The van der Waals surface area contributed by atoms with Crippen LogP contribution in [0.5, 0.6) is 0 Å². The predicted molar refractivity (Wildman–Crippen MR) is 39.5 cm³/mol. The third kappa shape index (κ3) is 0.727. The van der Waals surface area contributed by atoms with Gasteiger partial charge in [-0.3, -0.25) is 0 Å². The van der Waals surface area contributed by atoms with Crippen LogP contribution >= 0.6 is 0 Å². The minimum absolute atomic E-state index is 0.417. The maximum absolute atomic E-state index is 10.4. The maximum atomic E-state index is 10.4. The van der Waals surface area contributed by atoms with Gasteiger partial charge in [0.05, 0.1) is 0 Å². The van der Waals surface area contributed by atoms with Crippen LogP contribution < -0.4 is 0 Å². The molecule has 0 amide bonds. The zero-order valence-electron chi connectivity index (χ0n) is 6.42. The Labute approximate surface area is 61.8 Å². The molecule has 10 heavy (non-hydrogen) atoms. The van der Waals surface area contributed by atoms with Crippen molar-refractivity contribution in [3.8, 4) is 0 Å². The fourth-order valence-electron chi connectivity index (χ4n) is 2.61. The summed E-state index contributed by atoms with van der Waals surface area (Å²) in [6.07, 6.45) is 4.93. The fourth-order valence-corrected chi connectivity index (χ4v) is 2.61. The second kappa shape index (κ2) is 2.08. The molecule has 3 fully saturated rings. The van der Waals surface area contributed by atoms with Gasteiger partial charge in [0.1, 0.15) is 6.29 Å². The van der Waals surface area contributed by atoms with E-state index < -0.39 is 0 Å². The van der Waals surface area contributed by atoms with Crippen LogP contribution in [0.2, 0.25) is 0 Å². The van der Waals surface area contributed by atoms with Crippen LogP contribution in [-0.2, 0) is 4.79 Å². The molecule has 0 N–H and O–H groups in total. The number of carbonyl (C=O) groups is 1. The molecule has 0 spiro atoms. The van der Waals surface area contributed by atoms with Gasteiger partial charge in [0, 0.05) is 5.92 Å². The Morgan fingerprint density at radius 1 is 1.20 bits per heavy atom. The molecule has 0 aromatic rings. The fraction of sp³-hybridized carbons (Fsp3) is 0.889. The highest BCUT2D eigenvalue weighted by molar-refractivity contribution is 5.54. The van der Waals surface area contributed by atoms with E-state index in [-0.39, 0.29) is 0 Å². The van der Waals surface area contributed by atoms with E-state index in [1.165, 1.54) is 19.3 Å². The minimum atomic E-state index is 0.417. The van der Waals surface area contributed by atoms with Crippen molar-refractivity contribution in [2.75, 3.05) is 0 Å². The molecule has 3 saturated carbocycles. The Kier molecular flexibility index (Phi) is 1.33. The molecule has 4 atom stereocenters. The van der Waals surface area contributed by atoms with Crippen molar-refractivity contribution in [1.82, 2.24) is 0 Å². The first-order chi connectivity index (χ1) is 4.81. The predicted octanol–water partition coefficient (Wildman–Crippen LogP) is 1.87. The van der Waals surface area contributed by atoms with Gasteiger partial charge < -0.3 is 4.79 Å². The zero-order valence-corrected chi connectivity index (χ0v) is 6.42. The average Bonchev–Trinajstić information content (AvgIpc) is 2.04. The summed E-state index contributed by atoms with van der Waals surface area (Å²) >= 11 is 0. The quantitative estimate of drug-likeness (QED) is 0.505. The second-order valence-electron chi connectivity index (χ2n) is 3.98. The van der Waals surface area contributed by atoms with E-state index >= 15 is 0 Å². The molecule has 3 aliphatic rings. The van der Waals surface area contributed by atoms with Gasteiger partial charge in [0.2, 0.25) is 0 Å².